The summed E-state index contributed by atoms with van der Waals surface area (Å²) < 4.78 is 0.756. The lowest BCUT2D eigenvalue weighted by molar-refractivity contribution is 0.0949. The molecular weight excluding hydrogens is 317 g/mol. The van der Waals surface area contributed by atoms with E-state index in [1.165, 1.54) is 11.3 Å². The minimum Gasteiger partial charge on any atom is -0.395 e. The van der Waals surface area contributed by atoms with Gasteiger partial charge in [0.25, 0.3) is 5.91 Å². The number of amides is 1. The van der Waals surface area contributed by atoms with Gasteiger partial charge in [-0.1, -0.05) is 34.8 Å². The van der Waals surface area contributed by atoms with E-state index in [4.69, 9.17) is 39.9 Å². The van der Waals surface area contributed by atoms with Crippen LogP contribution in [-0.4, -0.2) is 24.2 Å². The fraction of sp³-hybridized carbons (Fsp3) is 0.182. The summed E-state index contributed by atoms with van der Waals surface area (Å²) in [4.78, 5) is 12.2. The number of benzene rings is 1. The SMILES string of the molecule is O=C(NCCO)c1sc2cc(Cl)cc(Cl)c2c1Cl. The van der Waals surface area contributed by atoms with Crippen LogP contribution in [-0.2, 0) is 0 Å². The molecule has 0 saturated carbocycles. The molecule has 0 atom stereocenters. The molecule has 18 heavy (non-hydrogen) atoms. The summed E-state index contributed by atoms with van der Waals surface area (Å²) >= 11 is 19.3. The van der Waals surface area contributed by atoms with Crippen LogP contribution in [0.2, 0.25) is 15.1 Å². The summed E-state index contributed by atoms with van der Waals surface area (Å²) in [6.07, 6.45) is 0. The lowest BCUT2D eigenvalue weighted by Gasteiger charge is -2.00. The standard InChI is InChI=1S/C11H8Cl3NO2S/c12-5-3-6(13)8-7(4-5)18-10(9(8)14)11(17)15-1-2-16/h3-4,16H,1-2H2,(H,15,17). The molecular formula is C11H8Cl3NO2S. The number of nitrogens with one attached hydrogen (secondary N) is 1. The van der Waals surface area contributed by atoms with Gasteiger partial charge in [0.2, 0.25) is 0 Å². The Kier molecular flexibility index (Phi) is 4.35. The molecule has 7 heteroatoms. The van der Waals surface area contributed by atoms with Crippen molar-refractivity contribution in [1.29, 1.82) is 0 Å². The monoisotopic (exact) mass is 323 g/mol. The van der Waals surface area contributed by atoms with Gasteiger partial charge in [0, 0.05) is 21.7 Å². The van der Waals surface area contributed by atoms with Crippen molar-refractivity contribution in [3.8, 4) is 0 Å². The third-order valence-corrected chi connectivity index (χ3v) is 4.40. The molecule has 0 bridgehead atoms. The minimum absolute atomic E-state index is 0.124. The first-order chi connectivity index (χ1) is 8.54. The number of carbonyl (C=O) groups is 1. The van der Waals surface area contributed by atoms with Crippen molar-refractivity contribution in [2.45, 2.75) is 0 Å². The Balaban J connectivity index is 2.50. The summed E-state index contributed by atoms with van der Waals surface area (Å²) in [6.45, 7) is 0.0543. The fourth-order valence-electron chi connectivity index (χ4n) is 1.51. The van der Waals surface area contributed by atoms with Crippen molar-refractivity contribution >= 4 is 62.1 Å². The zero-order chi connectivity index (χ0) is 13.3. The maximum atomic E-state index is 11.8. The first-order valence-electron chi connectivity index (χ1n) is 5.00. The van der Waals surface area contributed by atoms with E-state index in [9.17, 15) is 4.79 Å². The average Bonchev–Trinajstić information content (AvgIpc) is 2.63. The summed E-state index contributed by atoms with van der Waals surface area (Å²) in [5.41, 5.74) is 0. The molecule has 1 aromatic heterocycles. The van der Waals surface area contributed by atoms with Crippen LogP contribution in [0.1, 0.15) is 9.67 Å². The molecule has 0 radical (unpaired) electrons. The van der Waals surface area contributed by atoms with Gasteiger partial charge in [-0.15, -0.1) is 11.3 Å². The molecule has 0 spiro atoms. The number of rotatable bonds is 3. The second-order valence-electron chi connectivity index (χ2n) is 3.49. The Morgan fingerprint density at radius 2 is 2.06 bits per heavy atom. The third-order valence-electron chi connectivity index (χ3n) is 2.25. The summed E-state index contributed by atoms with van der Waals surface area (Å²) in [7, 11) is 0. The zero-order valence-electron chi connectivity index (χ0n) is 8.97. The molecule has 2 rings (SSSR count). The predicted molar refractivity (Wildman–Crippen MR) is 76.3 cm³/mol. The topological polar surface area (TPSA) is 49.3 Å². The van der Waals surface area contributed by atoms with E-state index in [2.05, 4.69) is 5.32 Å². The van der Waals surface area contributed by atoms with Crippen molar-refractivity contribution < 1.29 is 9.90 Å². The number of aliphatic hydroxyl groups is 1. The highest BCUT2D eigenvalue weighted by Crippen LogP contribution is 2.41. The Morgan fingerprint density at radius 3 is 2.72 bits per heavy atom. The first kappa shape index (κ1) is 13.9. The Hall–Kier alpha value is -0.520. The van der Waals surface area contributed by atoms with Crippen LogP contribution in [0.4, 0.5) is 0 Å². The second kappa shape index (κ2) is 5.63. The molecule has 0 fully saturated rings. The van der Waals surface area contributed by atoms with Crippen molar-refractivity contribution in [3.63, 3.8) is 0 Å². The molecule has 2 N–H and O–H groups in total. The number of halogens is 3. The quantitative estimate of drug-likeness (QED) is 0.906. The molecule has 96 valence electrons. The van der Waals surface area contributed by atoms with Gasteiger partial charge < -0.3 is 10.4 Å². The molecule has 2 aromatic rings. The molecule has 1 amide bonds. The van der Waals surface area contributed by atoms with Crippen LogP contribution in [0.15, 0.2) is 12.1 Å². The highest BCUT2D eigenvalue weighted by Gasteiger charge is 2.19. The molecule has 0 aliphatic rings. The van der Waals surface area contributed by atoms with E-state index in [1.807, 2.05) is 0 Å². The van der Waals surface area contributed by atoms with Gasteiger partial charge in [-0.05, 0) is 12.1 Å². The van der Waals surface area contributed by atoms with Gasteiger partial charge in [0.15, 0.2) is 0 Å². The van der Waals surface area contributed by atoms with Crippen molar-refractivity contribution in [2.75, 3.05) is 13.2 Å². The van der Waals surface area contributed by atoms with Crippen LogP contribution < -0.4 is 5.32 Å². The van der Waals surface area contributed by atoms with Crippen molar-refractivity contribution in [1.82, 2.24) is 5.32 Å². The summed E-state index contributed by atoms with van der Waals surface area (Å²) in [5, 5.41) is 13.1. The summed E-state index contributed by atoms with van der Waals surface area (Å²) in [6, 6.07) is 3.29. The highest BCUT2D eigenvalue weighted by atomic mass is 35.5. The smallest absolute Gasteiger partial charge is 0.263 e. The number of aliphatic hydroxyl groups excluding tert-OH is 1. The molecule has 3 nitrogen and oxygen atoms in total. The van der Waals surface area contributed by atoms with Gasteiger partial charge in [0.05, 0.1) is 16.7 Å². The van der Waals surface area contributed by atoms with Gasteiger partial charge in [-0.2, -0.15) is 0 Å². The number of carbonyl (C=O) groups excluding carboxylic acids is 1. The van der Waals surface area contributed by atoms with Gasteiger partial charge in [-0.3, -0.25) is 4.79 Å². The summed E-state index contributed by atoms with van der Waals surface area (Å²) in [5.74, 6) is -0.331. The first-order valence-corrected chi connectivity index (χ1v) is 6.95. The van der Waals surface area contributed by atoms with Crippen molar-refractivity contribution in [2.24, 2.45) is 0 Å². The van der Waals surface area contributed by atoms with Crippen LogP contribution in [0.5, 0.6) is 0 Å². The van der Waals surface area contributed by atoms with E-state index in [0.717, 1.165) is 4.70 Å². The third kappa shape index (κ3) is 2.58. The maximum Gasteiger partial charge on any atom is 0.263 e. The van der Waals surface area contributed by atoms with Gasteiger partial charge in [-0.25, -0.2) is 0 Å². The van der Waals surface area contributed by atoms with E-state index in [-0.39, 0.29) is 19.1 Å². The zero-order valence-corrected chi connectivity index (χ0v) is 12.1. The minimum atomic E-state index is -0.331. The predicted octanol–water partition coefficient (Wildman–Crippen LogP) is 3.58. The molecule has 1 heterocycles. The molecule has 0 unspecified atom stereocenters. The Bertz CT molecular complexity index is 612. The molecule has 0 aliphatic carbocycles. The number of hydrogen-bond donors (Lipinski definition) is 2. The average molecular weight is 325 g/mol. The van der Waals surface area contributed by atoms with Gasteiger partial charge in [0.1, 0.15) is 4.88 Å². The molecule has 0 aliphatic heterocycles. The van der Waals surface area contributed by atoms with Crippen LogP contribution in [0, 0.1) is 0 Å². The second-order valence-corrected chi connectivity index (χ2v) is 5.76. The van der Waals surface area contributed by atoms with Crippen LogP contribution >= 0.6 is 46.1 Å². The van der Waals surface area contributed by atoms with Crippen molar-refractivity contribution in [3.05, 3.63) is 32.1 Å². The lowest BCUT2D eigenvalue weighted by Crippen LogP contribution is -2.25. The van der Waals surface area contributed by atoms with Crippen LogP contribution in [0.25, 0.3) is 10.1 Å². The largest absolute Gasteiger partial charge is 0.395 e. The fourth-order valence-corrected chi connectivity index (χ4v) is 3.80. The van der Waals surface area contributed by atoms with E-state index >= 15 is 0 Å². The highest BCUT2D eigenvalue weighted by molar-refractivity contribution is 7.21. The normalized spacial score (nSPS) is 10.9. The lowest BCUT2D eigenvalue weighted by atomic mass is 10.2. The van der Waals surface area contributed by atoms with E-state index in [1.54, 1.807) is 12.1 Å². The van der Waals surface area contributed by atoms with E-state index in [0.29, 0.717) is 25.3 Å². The number of fused-ring (bicyclic) bond motifs is 1. The Labute approximate surface area is 122 Å². The molecule has 0 saturated heterocycles. The maximum absolute atomic E-state index is 11.8. The number of hydrogen-bond acceptors (Lipinski definition) is 3. The number of thiophene rings is 1. The van der Waals surface area contributed by atoms with Gasteiger partial charge >= 0.3 is 0 Å². The van der Waals surface area contributed by atoms with E-state index < -0.39 is 0 Å². The Morgan fingerprint density at radius 1 is 1.33 bits per heavy atom. The van der Waals surface area contributed by atoms with Crippen LogP contribution in [0.3, 0.4) is 0 Å². The molecule has 1 aromatic carbocycles.